The molecule has 0 spiro atoms. The largest absolute Gasteiger partial charge is 0.340 e. The molecule has 5 heteroatoms. The van der Waals surface area contributed by atoms with E-state index in [9.17, 15) is 14.4 Å². The summed E-state index contributed by atoms with van der Waals surface area (Å²) < 4.78 is 0. The van der Waals surface area contributed by atoms with Gasteiger partial charge in [-0.15, -0.1) is 0 Å². The van der Waals surface area contributed by atoms with Crippen molar-refractivity contribution in [3.63, 3.8) is 0 Å². The fourth-order valence-corrected chi connectivity index (χ4v) is 3.92. The van der Waals surface area contributed by atoms with Crippen molar-refractivity contribution in [2.24, 2.45) is 5.92 Å². The van der Waals surface area contributed by atoms with Crippen molar-refractivity contribution in [2.75, 3.05) is 26.2 Å². The van der Waals surface area contributed by atoms with E-state index in [1.807, 2.05) is 24.3 Å². The van der Waals surface area contributed by atoms with Gasteiger partial charge in [0, 0.05) is 37.5 Å². The van der Waals surface area contributed by atoms with Crippen molar-refractivity contribution in [3.8, 4) is 0 Å². The minimum Gasteiger partial charge on any atom is -0.340 e. The highest BCUT2D eigenvalue weighted by Gasteiger charge is 2.31. The van der Waals surface area contributed by atoms with Crippen LogP contribution in [0.5, 0.6) is 0 Å². The molecular formula is C22H30N2O3. The van der Waals surface area contributed by atoms with Crippen molar-refractivity contribution in [1.29, 1.82) is 0 Å². The highest BCUT2D eigenvalue weighted by molar-refractivity contribution is 5.98. The van der Waals surface area contributed by atoms with E-state index >= 15 is 0 Å². The number of likely N-dealkylation sites (tertiary alicyclic amines) is 2. The molecule has 0 bridgehead atoms. The van der Waals surface area contributed by atoms with E-state index in [0.29, 0.717) is 26.1 Å². The minimum atomic E-state index is -0.155. The molecule has 0 saturated carbocycles. The second-order valence-corrected chi connectivity index (χ2v) is 8.79. The number of Topliss-reactive ketones (excluding diaryl/α,β-unsaturated/α-hetero) is 1. The van der Waals surface area contributed by atoms with Crippen molar-refractivity contribution >= 4 is 17.6 Å². The van der Waals surface area contributed by atoms with Gasteiger partial charge < -0.3 is 9.80 Å². The Hall–Kier alpha value is -2.17. The Morgan fingerprint density at radius 1 is 1.07 bits per heavy atom. The first-order valence-electron chi connectivity index (χ1n) is 9.96. The van der Waals surface area contributed by atoms with Crippen LogP contribution in [0.15, 0.2) is 24.3 Å². The second kappa shape index (κ2) is 7.83. The quantitative estimate of drug-likeness (QED) is 0.766. The monoisotopic (exact) mass is 370 g/mol. The van der Waals surface area contributed by atoms with Gasteiger partial charge in [-0.3, -0.25) is 14.4 Å². The van der Waals surface area contributed by atoms with Crippen LogP contribution in [0.4, 0.5) is 0 Å². The number of hydrogen-bond acceptors (Lipinski definition) is 3. The number of carbonyl (C=O) groups is 3. The summed E-state index contributed by atoms with van der Waals surface area (Å²) in [5.41, 5.74) is 1.98. The standard InChI is InChI=1S/C22H30N2O3/c1-22(2,3)18-10-8-16(9-11-18)21(27)17-6-4-12-23(14-17)20(26)15-24-13-5-7-19(24)25/h8-11,17H,4-7,12-15H2,1-3H3/t17-/m0/s1. The summed E-state index contributed by atoms with van der Waals surface area (Å²) in [5.74, 6) is -0.0135. The number of benzene rings is 1. The maximum Gasteiger partial charge on any atom is 0.242 e. The van der Waals surface area contributed by atoms with Gasteiger partial charge in [0.15, 0.2) is 5.78 Å². The van der Waals surface area contributed by atoms with Crippen LogP contribution in [-0.4, -0.2) is 53.6 Å². The van der Waals surface area contributed by atoms with Gasteiger partial charge in [-0.05, 0) is 30.2 Å². The molecule has 2 fully saturated rings. The van der Waals surface area contributed by atoms with Gasteiger partial charge in [-0.1, -0.05) is 45.0 Å². The van der Waals surface area contributed by atoms with Crippen LogP contribution in [0.1, 0.15) is 62.4 Å². The highest BCUT2D eigenvalue weighted by atomic mass is 16.2. The molecule has 146 valence electrons. The van der Waals surface area contributed by atoms with Crippen LogP contribution in [-0.2, 0) is 15.0 Å². The van der Waals surface area contributed by atoms with Gasteiger partial charge in [0.05, 0.1) is 6.54 Å². The van der Waals surface area contributed by atoms with Crippen molar-refractivity contribution < 1.29 is 14.4 Å². The molecule has 2 aliphatic rings. The van der Waals surface area contributed by atoms with Crippen LogP contribution < -0.4 is 0 Å². The summed E-state index contributed by atoms with van der Waals surface area (Å²) in [5, 5.41) is 0. The molecule has 2 amide bonds. The van der Waals surface area contributed by atoms with Gasteiger partial charge in [0.25, 0.3) is 0 Å². The van der Waals surface area contributed by atoms with E-state index in [1.165, 1.54) is 5.56 Å². The molecule has 5 nitrogen and oxygen atoms in total. The molecule has 1 aromatic carbocycles. The fraction of sp³-hybridized carbons (Fsp3) is 0.591. The molecule has 0 aromatic heterocycles. The SMILES string of the molecule is CC(C)(C)c1ccc(C(=O)[C@H]2CCCN(C(=O)CN3CCCC3=O)C2)cc1. The van der Waals surface area contributed by atoms with E-state index in [0.717, 1.165) is 24.8 Å². The van der Waals surface area contributed by atoms with Gasteiger partial charge >= 0.3 is 0 Å². The molecule has 2 aliphatic heterocycles. The van der Waals surface area contributed by atoms with E-state index in [1.54, 1.807) is 9.80 Å². The zero-order valence-electron chi connectivity index (χ0n) is 16.7. The smallest absolute Gasteiger partial charge is 0.242 e. The molecule has 2 saturated heterocycles. The summed E-state index contributed by atoms with van der Waals surface area (Å²) in [6.07, 6.45) is 3.01. The second-order valence-electron chi connectivity index (χ2n) is 8.79. The lowest BCUT2D eigenvalue weighted by Crippen LogP contribution is -2.46. The predicted molar refractivity (Wildman–Crippen MR) is 105 cm³/mol. The average molecular weight is 370 g/mol. The van der Waals surface area contributed by atoms with Gasteiger partial charge in [-0.25, -0.2) is 0 Å². The Balaban J connectivity index is 1.62. The zero-order valence-corrected chi connectivity index (χ0v) is 16.7. The Labute approximate surface area is 161 Å². The van der Waals surface area contributed by atoms with Gasteiger partial charge in [-0.2, -0.15) is 0 Å². The molecule has 0 radical (unpaired) electrons. The molecule has 0 aliphatic carbocycles. The lowest BCUT2D eigenvalue weighted by Gasteiger charge is -2.33. The summed E-state index contributed by atoms with van der Waals surface area (Å²) >= 11 is 0. The number of carbonyl (C=O) groups excluding carboxylic acids is 3. The first-order valence-corrected chi connectivity index (χ1v) is 9.96. The molecule has 1 aromatic rings. The number of amides is 2. The Morgan fingerprint density at radius 3 is 2.37 bits per heavy atom. The average Bonchev–Trinajstić information content (AvgIpc) is 3.05. The molecule has 0 N–H and O–H groups in total. The number of nitrogens with zero attached hydrogens (tertiary/aromatic N) is 2. The van der Waals surface area contributed by atoms with E-state index < -0.39 is 0 Å². The highest BCUT2D eigenvalue weighted by Crippen LogP contribution is 2.25. The van der Waals surface area contributed by atoms with Crippen LogP contribution in [0.25, 0.3) is 0 Å². The third kappa shape index (κ3) is 4.57. The molecule has 3 rings (SSSR count). The van der Waals surface area contributed by atoms with E-state index in [-0.39, 0.29) is 35.5 Å². The van der Waals surface area contributed by atoms with Gasteiger partial charge in [0.2, 0.25) is 11.8 Å². The number of rotatable bonds is 4. The number of piperidine rings is 1. The Bertz CT molecular complexity index is 718. The van der Waals surface area contributed by atoms with Crippen LogP contribution >= 0.6 is 0 Å². The predicted octanol–water partition coefficient (Wildman–Crippen LogP) is 3.03. The van der Waals surface area contributed by atoms with E-state index in [4.69, 9.17) is 0 Å². The third-order valence-electron chi connectivity index (χ3n) is 5.68. The summed E-state index contributed by atoms with van der Waals surface area (Å²) in [6.45, 7) is 8.41. The fourth-order valence-electron chi connectivity index (χ4n) is 3.92. The molecule has 1 atom stereocenters. The maximum atomic E-state index is 12.9. The van der Waals surface area contributed by atoms with Crippen molar-refractivity contribution in [1.82, 2.24) is 9.80 Å². The third-order valence-corrected chi connectivity index (χ3v) is 5.68. The van der Waals surface area contributed by atoms with Crippen LogP contribution in [0, 0.1) is 5.92 Å². The van der Waals surface area contributed by atoms with Crippen molar-refractivity contribution in [3.05, 3.63) is 35.4 Å². The van der Waals surface area contributed by atoms with Crippen LogP contribution in [0.2, 0.25) is 0 Å². The lowest BCUT2D eigenvalue weighted by molar-refractivity contribution is -0.139. The minimum absolute atomic E-state index is 0.0363. The molecule has 2 heterocycles. The molecular weight excluding hydrogens is 340 g/mol. The van der Waals surface area contributed by atoms with Crippen LogP contribution in [0.3, 0.4) is 0 Å². The zero-order chi connectivity index (χ0) is 19.6. The maximum absolute atomic E-state index is 12.9. The normalized spacial score (nSPS) is 20.9. The first kappa shape index (κ1) is 19.6. The Kier molecular flexibility index (Phi) is 5.68. The number of ketones is 1. The van der Waals surface area contributed by atoms with Gasteiger partial charge in [0.1, 0.15) is 0 Å². The summed E-state index contributed by atoms with van der Waals surface area (Å²) in [4.78, 5) is 40.7. The number of hydrogen-bond donors (Lipinski definition) is 0. The topological polar surface area (TPSA) is 57.7 Å². The molecule has 0 unspecified atom stereocenters. The van der Waals surface area contributed by atoms with E-state index in [2.05, 4.69) is 20.8 Å². The first-order chi connectivity index (χ1) is 12.8. The Morgan fingerprint density at radius 2 is 1.78 bits per heavy atom. The summed E-state index contributed by atoms with van der Waals surface area (Å²) in [7, 11) is 0. The van der Waals surface area contributed by atoms with Crippen molar-refractivity contribution in [2.45, 2.75) is 51.9 Å². The molecule has 27 heavy (non-hydrogen) atoms. The lowest BCUT2D eigenvalue weighted by atomic mass is 9.85. The summed E-state index contributed by atoms with van der Waals surface area (Å²) in [6, 6.07) is 7.87.